The Morgan fingerprint density at radius 1 is 1.15 bits per heavy atom. The summed E-state index contributed by atoms with van der Waals surface area (Å²) in [6, 6.07) is 14.6. The minimum Gasteiger partial charge on any atom is -0.491 e. The van der Waals surface area contributed by atoms with Crippen molar-refractivity contribution in [3.8, 4) is 5.75 Å². The summed E-state index contributed by atoms with van der Waals surface area (Å²) in [5, 5.41) is 2.97. The van der Waals surface area contributed by atoms with Crippen molar-refractivity contribution in [2.75, 3.05) is 0 Å². The van der Waals surface area contributed by atoms with E-state index in [0.29, 0.717) is 12.0 Å². The Kier molecular flexibility index (Phi) is 5.22. The van der Waals surface area contributed by atoms with Crippen molar-refractivity contribution in [3.63, 3.8) is 0 Å². The number of ether oxygens (including phenoxy) is 2. The summed E-state index contributed by atoms with van der Waals surface area (Å²) in [6.45, 7) is 7.48. The highest BCUT2D eigenvalue weighted by molar-refractivity contribution is 5.97. The summed E-state index contributed by atoms with van der Waals surface area (Å²) in [4.78, 5) is 25.2. The molecule has 0 spiro atoms. The monoisotopic (exact) mass is 367 g/mol. The molecule has 0 fully saturated rings. The van der Waals surface area contributed by atoms with Crippen LogP contribution in [0, 0.1) is 0 Å². The van der Waals surface area contributed by atoms with Gasteiger partial charge in [0, 0.05) is 6.42 Å². The third-order valence-electron chi connectivity index (χ3n) is 4.64. The SMILES string of the molecule is CC(C)Oc1cccc(C(C)NC(=O)C2(C)Cc3ccccc3C(=O)O2)c1. The van der Waals surface area contributed by atoms with Crippen molar-refractivity contribution in [2.45, 2.75) is 51.9 Å². The van der Waals surface area contributed by atoms with Crippen molar-refractivity contribution >= 4 is 11.9 Å². The molecule has 1 N–H and O–H groups in total. The van der Waals surface area contributed by atoms with E-state index in [-0.39, 0.29) is 18.1 Å². The zero-order valence-electron chi connectivity index (χ0n) is 16.1. The number of benzene rings is 2. The Labute approximate surface area is 159 Å². The molecule has 0 saturated heterocycles. The number of cyclic esters (lactones) is 1. The lowest BCUT2D eigenvalue weighted by Crippen LogP contribution is -2.52. The van der Waals surface area contributed by atoms with Gasteiger partial charge < -0.3 is 14.8 Å². The van der Waals surface area contributed by atoms with Crippen molar-refractivity contribution in [1.29, 1.82) is 0 Å². The van der Waals surface area contributed by atoms with Crippen LogP contribution >= 0.6 is 0 Å². The Balaban J connectivity index is 1.74. The van der Waals surface area contributed by atoms with Gasteiger partial charge in [0.1, 0.15) is 5.75 Å². The predicted molar refractivity (Wildman–Crippen MR) is 103 cm³/mol. The lowest BCUT2D eigenvalue weighted by molar-refractivity contribution is -0.140. The number of hydrogen-bond acceptors (Lipinski definition) is 4. The molecule has 0 aromatic heterocycles. The minimum absolute atomic E-state index is 0.0748. The van der Waals surface area contributed by atoms with Crippen LogP contribution in [0.5, 0.6) is 5.75 Å². The lowest BCUT2D eigenvalue weighted by Gasteiger charge is -2.34. The Bertz CT molecular complexity index is 861. The van der Waals surface area contributed by atoms with Crippen LogP contribution < -0.4 is 10.1 Å². The molecule has 0 radical (unpaired) electrons. The Morgan fingerprint density at radius 3 is 2.63 bits per heavy atom. The molecule has 1 aliphatic heterocycles. The molecule has 2 aromatic rings. The van der Waals surface area contributed by atoms with Gasteiger partial charge in [0.25, 0.3) is 5.91 Å². The normalized spacial score (nSPS) is 19.8. The van der Waals surface area contributed by atoms with E-state index >= 15 is 0 Å². The zero-order chi connectivity index (χ0) is 19.6. The predicted octanol–water partition coefficient (Wildman–Crippen LogP) is 3.82. The Hall–Kier alpha value is -2.82. The van der Waals surface area contributed by atoms with E-state index < -0.39 is 11.6 Å². The number of carbonyl (C=O) groups excluding carboxylic acids is 2. The van der Waals surface area contributed by atoms with Crippen molar-refractivity contribution in [3.05, 3.63) is 65.2 Å². The van der Waals surface area contributed by atoms with Crippen LogP contribution in [0.2, 0.25) is 0 Å². The highest BCUT2D eigenvalue weighted by atomic mass is 16.6. The molecular weight excluding hydrogens is 342 g/mol. The van der Waals surface area contributed by atoms with E-state index in [1.54, 1.807) is 19.1 Å². The smallest absolute Gasteiger partial charge is 0.339 e. The van der Waals surface area contributed by atoms with Gasteiger partial charge in [-0.15, -0.1) is 0 Å². The maximum absolute atomic E-state index is 12.9. The van der Waals surface area contributed by atoms with Crippen LogP contribution in [-0.4, -0.2) is 23.6 Å². The fraction of sp³-hybridized carbons (Fsp3) is 0.364. The molecule has 2 aromatic carbocycles. The van der Waals surface area contributed by atoms with E-state index in [1.165, 1.54) is 0 Å². The van der Waals surface area contributed by atoms with Gasteiger partial charge >= 0.3 is 5.97 Å². The van der Waals surface area contributed by atoms with Gasteiger partial charge in [-0.1, -0.05) is 30.3 Å². The molecule has 27 heavy (non-hydrogen) atoms. The molecule has 0 saturated carbocycles. The topological polar surface area (TPSA) is 64.6 Å². The van der Waals surface area contributed by atoms with Gasteiger partial charge in [0.2, 0.25) is 0 Å². The standard InChI is InChI=1S/C22H25NO4/c1-14(2)26-18-10-7-9-16(12-18)15(3)23-21(25)22(4)13-17-8-5-6-11-19(17)20(24)27-22/h5-12,14-15H,13H2,1-4H3,(H,23,25). The maximum Gasteiger partial charge on any atom is 0.339 e. The van der Waals surface area contributed by atoms with Crippen LogP contribution in [0.25, 0.3) is 0 Å². The van der Waals surface area contributed by atoms with Crippen LogP contribution in [0.1, 0.15) is 55.2 Å². The third-order valence-corrected chi connectivity index (χ3v) is 4.64. The van der Waals surface area contributed by atoms with Crippen LogP contribution in [0.3, 0.4) is 0 Å². The molecule has 1 aliphatic rings. The number of amides is 1. The first-order valence-electron chi connectivity index (χ1n) is 9.17. The quantitative estimate of drug-likeness (QED) is 0.816. The average molecular weight is 367 g/mol. The summed E-state index contributed by atoms with van der Waals surface area (Å²) >= 11 is 0. The van der Waals surface area contributed by atoms with Crippen molar-refractivity contribution < 1.29 is 19.1 Å². The summed E-state index contributed by atoms with van der Waals surface area (Å²) in [6.07, 6.45) is 0.426. The average Bonchev–Trinajstić information content (AvgIpc) is 2.61. The minimum atomic E-state index is -1.23. The first-order chi connectivity index (χ1) is 12.8. The fourth-order valence-electron chi connectivity index (χ4n) is 3.22. The zero-order valence-corrected chi connectivity index (χ0v) is 16.1. The second-order valence-electron chi connectivity index (χ2n) is 7.39. The number of carbonyl (C=O) groups is 2. The molecular formula is C22H25NO4. The van der Waals surface area contributed by atoms with Crippen LogP contribution in [0.4, 0.5) is 0 Å². The van der Waals surface area contributed by atoms with Gasteiger partial charge in [0.15, 0.2) is 5.60 Å². The molecule has 1 amide bonds. The van der Waals surface area contributed by atoms with Crippen molar-refractivity contribution in [1.82, 2.24) is 5.32 Å². The van der Waals surface area contributed by atoms with E-state index in [9.17, 15) is 9.59 Å². The van der Waals surface area contributed by atoms with E-state index in [2.05, 4.69) is 5.32 Å². The van der Waals surface area contributed by atoms with Crippen molar-refractivity contribution in [2.24, 2.45) is 0 Å². The summed E-state index contributed by atoms with van der Waals surface area (Å²) in [5.41, 5.74) is 1.04. The van der Waals surface area contributed by atoms with Crippen LogP contribution in [-0.2, 0) is 16.0 Å². The second kappa shape index (κ2) is 7.43. The highest BCUT2D eigenvalue weighted by Crippen LogP contribution is 2.29. The molecule has 142 valence electrons. The summed E-state index contributed by atoms with van der Waals surface area (Å²) in [5.74, 6) is -0.0182. The maximum atomic E-state index is 12.9. The number of hydrogen-bond donors (Lipinski definition) is 1. The number of esters is 1. The van der Waals surface area contributed by atoms with Gasteiger partial charge in [-0.2, -0.15) is 0 Å². The number of nitrogens with one attached hydrogen (secondary N) is 1. The molecule has 0 aliphatic carbocycles. The van der Waals surface area contributed by atoms with E-state index in [0.717, 1.165) is 16.9 Å². The number of fused-ring (bicyclic) bond motifs is 1. The van der Waals surface area contributed by atoms with Crippen LogP contribution in [0.15, 0.2) is 48.5 Å². The molecule has 1 heterocycles. The third kappa shape index (κ3) is 4.13. The van der Waals surface area contributed by atoms with Gasteiger partial charge in [0.05, 0.1) is 17.7 Å². The Morgan fingerprint density at radius 2 is 1.89 bits per heavy atom. The second-order valence-corrected chi connectivity index (χ2v) is 7.39. The number of rotatable bonds is 5. The molecule has 2 unspecified atom stereocenters. The molecule has 5 nitrogen and oxygen atoms in total. The molecule has 2 atom stereocenters. The highest BCUT2D eigenvalue weighted by Gasteiger charge is 2.42. The largest absolute Gasteiger partial charge is 0.491 e. The van der Waals surface area contributed by atoms with Gasteiger partial charge in [-0.05, 0) is 57.0 Å². The van der Waals surface area contributed by atoms with E-state index in [1.807, 2.05) is 57.2 Å². The van der Waals surface area contributed by atoms with Gasteiger partial charge in [-0.3, -0.25) is 4.79 Å². The van der Waals surface area contributed by atoms with Gasteiger partial charge in [-0.25, -0.2) is 4.79 Å². The first-order valence-corrected chi connectivity index (χ1v) is 9.17. The molecule has 3 rings (SSSR count). The molecule has 5 heteroatoms. The lowest BCUT2D eigenvalue weighted by atomic mass is 9.89. The van der Waals surface area contributed by atoms with E-state index in [4.69, 9.17) is 9.47 Å². The summed E-state index contributed by atoms with van der Waals surface area (Å²) in [7, 11) is 0. The summed E-state index contributed by atoms with van der Waals surface area (Å²) < 4.78 is 11.2. The molecule has 0 bridgehead atoms. The first kappa shape index (κ1) is 19.0. The fourth-order valence-corrected chi connectivity index (χ4v) is 3.22.